The molecule has 0 atom stereocenters. The van der Waals surface area contributed by atoms with Crippen LogP contribution in [-0.4, -0.2) is 53.3 Å². The first-order chi connectivity index (χ1) is 11.2. The lowest BCUT2D eigenvalue weighted by Gasteiger charge is -2.36. The lowest BCUT2D eigenvalue weighted by Crippen LogP contribution is -2.55. The molecule has 1 aliphatic heterocycles. The maximum absolute atomic E-state index is 12.8. The van der Waals surface area contributed by atoms with Gasteiger partial charge in [0.05, 0.1) is 11.1 Å². The van der Waals surface area contributed by atoms with Crippen LogP contribution in [0.3, 0.4) is 0 Å². The highest BCUT2D eigenvalue weighted by Crippen LogP contribution is 2.34. The Hall–Kier alpha value is -2.09. The van der Waals surface area contributed by atoms with Crippen molar-refractivity contribution in [2.75, 3.05) is 26.2 Å². The van der Waals surface area contributed by atoms with Crippen molar-refractivity contribution in [3.05, 3.63) is 35.4 Å². The van der Waals surface area contributed by atoms with Crippen molar-refractivity contribution in [2.45, 2.75) is 24.6 Å². The Labute approximate surface area is 137 Å². The van der Waals surface area contributed by atoms with E-state index in [-0.39, 0.29) is 24.6 Å². The van der Waals surface area contributed by atoms with Gasteiger partial charge in [-0.05, 0) is 31.0 Å². The standard InChI is InChI=1S/C16H18F3N3O2/c17-16(18,19)12-3-1-2-11(10-12)13(23)21-6-8-22(9-7-21)14(24)15(20)4-5-15/h1-3,10H,4-9,20H2. The summed E-state index contributed by atoms with van der Waals surface area (Å²) in [4.78, 5) is 27.6. The minimum Gasteiger partial charge on any atom is -0.338 e. The minimum absolute atomic E-state index is 0.00193. The summed E-state index contributed by atoms with van der Waals surface area (Å²) in [5, 5.41) is 0. The molecule has 1 saturated carbocycles. The fraction of sp³-hybridized carbons (Fsp3) is 0.500. The maximum Gasteiger partial charge on any atom is 0.416 e. The number of nitrogens with two attached hydrogens (primary N) is 1. The predicted molar refractivity (Wildman–Crippen MR) is 80.1 cm³/mol. The second-order valence-corrected chi connectivity index (χ2v) is 6.32. The molecule has 24 heavy (non-hydrogen) atoms. The third-order valence-electron chi connectivity index (χ3n) is 4.51. The summed E-state index contributed by atoms with van der Waals surface area (Å²) in [6.07, 6.45) is -3.13. The Morgan fingerprint density at radius 1 is 1.04 bits per heavy atom. The van der Waals surface area contributed by atoms with Crippen LogP contribution >= 0.6 is 0 Å². The first-order valence-corrected chi connectivity index (χ1v) is 7.75. The molecule has 1 aromatic rings. The van der Waals surface area contributed by atoms with Gasteiger partial charge in [0, 0.05) is 31.7 Å². The zero-order valence-electron chi connectivity index (χ0n) is 13.0. The van der Waals surface area contributed by atoms with Gasteiger partial charge in [-0.1, -0.05) is 6.07 Å². The highest BCUT2D eigenvalue weighted by molar-refractivity contribution is 5.95. The van der Waals surface area contributed by atoms with E-state index >= 15 is 0 Å². The van der Waals surface area contributed by atoms with E-state index in [1.807, 2.05) is 0 Å². The molecule has 0 aromatic heterocycles. The van der Waals surface area contributed by atoms with Crippen LogP contribution in [0.15, 0.2) is 24.3 Å². The van der Waals surface area contributed by atoms with Crippen molar-refractivity contribution in [1.29, 1.82) is 0 Å². The summed E-state index contributed by atoms with van der Waals surface area (Å²) in [6, 6.07) is 4.39. The van der Waals surface area contributed by atoms with Gasteiger partial charge >= 0.3 is 6.18 Å². The number of hydrogen-bond donors (Lipinski definition) is 1. The topological polar surface area (TPSA) is 66.6 Å². The molecule has 1 aliphatic carbocycles. The third kappa shape index (κ3) is 3.24. The summed E-state index contributed by atoms with van der Waals surface area (Å²) in [7, 11) is 0. The van der Waals surface area contributed by atoms with E-state index in [9.17, 15) is 22.8 Å². The summed E-state index contributed by atoms with van der Waals surface area (Å²) < 4.78 is 38.3. The summed E-state index contributed by atoms with van der Waals surface area (Å²) in [5.74, 6) is -0.559. The Morgan fingerprint density at radius 3 is 2.17 bits per heavy atom. The average molecular weight is 341 g/mol. The summed E-state index contributed by atoms with van der Waals surface area (Å²) in [5.41, 5.74) is 4.30. The zero-order valence-corrected chi connectivity index (χ0v) is 13.0. The van der Waals surface area contributed by atoms with Crippen LogP contribution in [0.25, 0.3) is 0 Å². The molecular weight excluding hydrogens is 323 g/mol. The highest BCUT2D eigenvalue weighted by Gasteiger charge is 2.48. The van der Waals surface area contributed by atoms with Crippen LogP contribution in [0.5, 0.6) is 0 Å². The molecule has 2 N–H and O–H groups in total. The van der Waals surface area contributed by atoms with Gasteiger partial charge in [-0.25, -0.2) is 0 Å². The van der Waals surface area contributed by atoms with E-state index in [0.717, 1.165) is 12.1 Å². The van der Waals surface area contributed by atoms with Crippen LogP contribution in [-0.2, 0) is 11.0 Å². The molecule has 1 aromatic carbocycles. The van der Waals surface area contributed by atoms with Gasteiger partial charge in [0.15, 0.2) is 0 Å². The van der Waals surface area contributed by atoms with Crippen molar-refractivity contribution >= 4 is 11.8 Å². The molecule has 1 saturated heterocycles. The molecule has 2 fully saturated rings. The predicted octanol–water partition coefficient (Wildman–Crippen LogP) is 1.48. The number of rotatable bonds is 2. The Bertz CT molecular complexity index is 663. The molecule has 2 amide bonds. The van der Waals surface area contributed by atoms with Gasteiger partial charge in [0.1, 0.15) is 0 Å². The number of hydrogen-bond acceptors (Lipinski definition) is 3. The van der Waals surface area contributed by atoms with Crippen LogP contribution < -0.4 is 5.73 Å². The second kappa shape index (κ2) is 5.77. The molecule has 3 rings (SSSR count). The number of amides is 2. The number of carbonyl (C=O) groups excluding carboxylic acids is 2. The van der Waals surface area contributed by atoms with Gasteiger partial charge in [-0.3, -0.25) is 9.59 Å². The Balaban J connectivity index is 1.64. The molecule has 2 aliphatic rings. The summed E-state index contributed by atoms with van der Waals surface area (Å²) in [6.45, 7) is 1.28. The van der Waals surface area contributed by atoms with E-state index in [4.69, 9.17) is 5.73 Å². The van der Waals surface area contributed by atoms with Crippen molar-refractivity contribution < 1.29 is 22.8 Å². The smallest absolute Gasteiger partial charge is 0.338 e. The highest BCUT2D eigenvalue weighted by atomic mass is 19.4. The van der Waals surface area contributed by atoms with Crippen molar-refractivity contribution in [3.8, 4) is 0 Å². The normalized spacial score (nSPS) is 20.0. The fourth-order valence-electron chi connectivity index (χ4n) is 2.79. The number of carbonyl (C=O) groups is 2. The first kappa shape index (κ1) is 16.8. The SMILES string of the molecule is NC1(C(=O)N2CCN(C(=O)c3cccc(C(F)(F)F)c3)CC2)CC1. The van der Waals surface area contributed by atoms with Gasteiger partial charge in [0.2, 0.25) is 5.91 Å². The Morgan fingerprint density at radius 2 is 1.62 bits per heavy atom. The van der Waals surface area contributed by atoms with Crippen molar-refractivity contribution in [1.82, 2.24) is 9.80 Å². The van der Waals surface area contributed by atoms with Gasteiger partial charge in [0.25, 0.3) is 5.91 Å². The second-order valence-electron chi connectivity index (χ2n) is 6.32. The molecule has 130 valence electrons. The number of benzene rings is 1. The summed E-state index contributed by atoms with van der Waals surface area (Å²) >= 11 is 0. The number of halogens is 3. The monoisotopic (exact) mass is 341 g/mol. The van der Waals surface area contributed by atoms with Crippen molar-refractivity contribution in [2.24, 2.45) is 5.73 Å². The van der Waals surface area contributed by atoms with Gasteiger partial charge < -0.3 is 15.5 Å². The molecule has 0 unspecified atom stereocenters. The van der Waals surface area contributed by atoms with E-state index in [2.05, 4.69) is 0 Å². The van der Waals surface area contributed by atoms with E-state index in [1.54, 1.807) is 4.90 Å². The minimum atomic E-state index is -4.49. The lowest BCUT2D eigenvalue weighted by atomic mass is 10.1. The van der Waals surface area contributed by atoms with E-state index in [1.165, 1.54) is 17.0 Å². The van der Waals surface area contributed by atoms with Crippen LogP contribution in [0.1, 0.15) is 28.8 Å². The zero-order chi connectivity index (χ0) is 17.5. The van der Waals surface area contributed by atoms with Crippen LogP contribution in [0.2, 0.25) is 0 Å². The maximum atomic E-state index is 12.8. The molecular formula is C16H18F3N3O2. The van der Waals surface area contributed by atoms with Gasteiger partial charge in [-0.15, -0.1) is 0 Å². The molecule has 5 nitrogen and oxygen atoms in total. The quantitative estimate of drug-likeness (QED) is 0.886. The van der Waals surface area contributed by atoms with E-state index in [0.29, 0.717) is 25.9 Å². The Kier molecular flexibility index (Phi) is 4.03. The molecule has 8 heteroatoms. The van der Waals surface area contributed by atoms with Crippen LogP contribution in [0, 0.1) is 0 Å². The van der Waals surface area contributed by atoms with Crippen LogP contribution in [0.4, 0.5) is 13.2 Å². The first-order valence-electron chi connectivity index (χ1n) is 7.75. The number of alkyl halides is 3. The average Bonchev–Trinajstić information content (AvgIpc) is 3.32. The number of nitrogens with zero attached hydrogens (tertiary/aromatic N) is 2. The molecule has 0 bridgehead atoms. The molecule has 0 radical (unpaired) electrons. The molecule has 0 spiro atoms. The van der Waals surface area contributed by atoms with E-state index < -0.39 is 23.2 Å². The largest absolute Gasteiger partial charge is 0.416 e. The van der Waals surface area contributed by atoms with Gasteiger partial charge in [-0.2, -0.15) is 13.2 Å². The molecule has 1 heterocycles. The lowest BCUT2D eigenvalue weighted by molar-refractivity contribution is -0.137. The number of piperazine rings is 1. The third-order valence-corrected chi connectivity index (χ3v) is 4.51. The van der Waals surface area contributed by atoms with Crippen molar-refractivity contribution in [3.63, 3.8) is 0 Å². The fourth-order valence-corrected chi connectivity index (χ4v) is 2.79.